The summed E-state index contributed by atoms with van der Waals surface area (Å²) in [5.74, 6) is 0.838. The minimum absolute atomic E-state index is 0.838. The molecule has 1 aromatic rings. The third kappa shape index (κ3) is 6.91. The molecule has 0 atom stereocenters. The summed E-state index contributed by atoms with van der Waals surface area (Å²) in [5, 5.41) is 0. The van der Waals surface area contributed by atoms with Crippen LogP contribution < -0.4 is 0 Å². The highest BCUT2D eigenvalue weighted by Crippen LogP contribution is 1.88. The Morgan fingerprint density at radius 1 is 1.36 bits per heavy atom. The lowest BCUT2D eigenvalue weighted by Crippen LogP contribution is -1.86. The van der Waals surface area contributed by atoms with E-state index in [2.05, 4.69) is 28.1 Å². The van der Waals surface area contributed by atoms with Gasteiger partial charge < -0.3 is 0 Å². The molecule has 0 aliphatic rings. The molecule has 0 fully saturated rings. The topological polar surface area (TPSA) is 38.1 Å². The van der Waals surface area contributed by atoms with Crippen molar-refractivity contribution < 1.29 is 0 Å². The number of allylic oxidation sites excluding steroid dienone is 1. The second-order valence-corrected chi connectivity index (χ2v) is 2.46. The summed E-state index contributed by atoms with van der Waals surface area (Å²) in [5.41, 5.74) is 1.03. The lowest BCUT2D eigenvalue weighted by molar-refractivity contribution is 1.01. The molecule has 3 heteroatoms. The summed E-state index contributed by atoms with van der Waals surface area (Å²) in [6.07, 6.45) is 6.40. The fourth-order valence-electron chi connectivity index (χ4n) is 0.696. The van der Waals surface area contributed by atoms with Crippen LogP contribution in [0.3, 0.4) is 0 Å². The molecule has 1 aromatic heterocycles. The first kappa shape index (κ1) is 12.2. The highest BCUT2D eigenvalue weighted by molar-refractivity contribution is 5.70. The lowest BCUT2D eigenvalue weighted by atomic mass is 10.4. The van der Waals surface area contributed by atoms with E-state index in [1.54, 1.807) is 18.5 Å². The van der Waals surface area contributed by atoms with E-state index < -0.39 is 0 Å². The third-order valence-corrected chi connectivity index (χ3v) is 1.21. The van der Waals surface area contributed by atoms with E-state index in [-0.39, 0.29) is 0 Å². The Morgan fingerprint density at radius 3 is 2.36 bits per heavy atom. The zero-order valence-corrected chi connectivity index (χ0v) is 8.64. The van der Waals surface area contributed by atoms with E-state index in [1.165, 1.54) is 6.20 Å². The molecule has 0 aliphatic carbocycles. The zero-order chi connectivity index (χ0) is 10.8. The van der Waals surface area contributed by atoms with Crippen LogP contribution in [0.2, 0.25) is 0 Å². The van der Waals surface area contributed by atoms with Gasteiger partial charge in [0.1, 0.15) is 5.82 Å². The fourth-order valence-corrected chi connectivity index (χ4v) is 0.696. The van der Waals surface area contributed by atoms with Crippen LogP contribution in [0.25, 0.3) is 0 Å². The van der Waals surface area contributed by atoms with Crippen molar-refractivity contribution in [3.63, 3.8) is 0 Å². The van der Waals surface area contributed by atoms with Crippen molar-refractivity contribution in [1.82, 2.24) is 9.97 Å². The molecule has 74 valence electrons. The molecule has 0 radical (unpaired) electrons. The number of aryl methyl sites for hydroxylation is 2. The van der Waals surface area contributed by atoms with E-state index >= 15 is 0 Å². The van der Waals surface area contributed by atoms with Crippen LogP contribution >= 0.6 is 0 Å². The van der Waals surface area contributed by atoms with Gasteiger partial charge in [-0.2, -0.15) is 0 Å². The molecule has 0 saturated heterocycles. The van der Waals surface area contributed by atoms with Crippen molar-refractivity contribution in [2.75, 3.05) is 0 Å². The standard InChI is InChI=1S/C6H8N2.C5H7N/c1-5-3-4-7-6(2)8-5;1-3-5-6-4-2/h3-4H,1-2H3;3-5H,1-2H2. The summed E-state index contributed by atoms with van der Waals surface area (Å²) in [4.78, 5) is 11.6. The van der Waals surface area contributed by atoms with Crippen molar-refractivity contribution in [1.29, 1.82) is 0 Å². The summed E-state index contributed by atoms with van der Waals surface area (Å²) in [6, 6.07) is 1.88. The second-order valence-electron chi connectivity index (χ2n) is 2.46. The average molecular weight is 189 g/mol. The normalized spacial score (nSPS) is 9.00. The number of hydrogen-bond acceptors (Lipinski definition) is 3. The first-order valence-electron chi connectivity index (χ1n) is 4.22. The molecular weight excluding hydrogens is 174 g/mol. The maximum Gasteiger partial charge on any atom is 0.125 e. The summed E-state index contributed by atoms with van der Waals surface area (Å²) >= 11 is 0. The van der Waals surface area contributed by atoms with Crippen LogP contribution in [-0.4, -0.2) is 16.2 Å². The Balaban J connectivity index is 0.000000255. The monoisotopic (exact) mass is 189 g/mol. The molecule has 0 aliphatic heterocycles. The predicted molar refractivity (Wildman–Crippen MR) is 60.4 cm³/mol. The Bertz CT molecular complexity index is 289. The number of nitrogens with zero attached hydrogens (tertiary/aromatic N) is 3. The van der Waals surface area contributed by atoms with Crippen LogP contribution in [0.1, 0.15) is 11.5 Å². The molecule has 0 aromatic carbocycles. The van der Waals surface area contributed by atoms with Crippen molar-refractivity contribution >= 4 is 6.21 Å². The SMILES string of the molecule is C=CC=NC=C.Cc1ccnc(C)n1. The van der Waals surface area contributed by atoms with Crippen molar-refractivity contribution in [3.8, 4) is 0 Å². The van der Waals surface area contributed by atoms with Crippen LogP contribution in [0.5, 0.6) is 0 Å². The molecule has 3 nitrogen and oxygen atoms in total. The van der Waals surface area contributed by atoms with Crippen LogP contribution in [0.15, 0.2) is 42.7 Å². The summed E-state index contributed by atoms with van der Waals surface area (Å²) in [6.45, 7) is 10.6. The van der Waals surface area contributed by atoms with Gasteiger partial charge in [-0.3, -0.25) is 4.99 Å². The van der Waals surface area contributed by atoms with Gasteiger partial charge in [0, 0.05) is 24.3 Å². The minimum Gasteiger partial charge on any atom is -0.265 e. The molecule has 1 heterocycles. The van der Waals surface area contributed by atoms with E-state index in [1.807, 2.05) is 19.9 Å². The molecule has 0 bridgehead atoms. The van der Waals surface area contributed by atoms with Gasteiger partial charge in [-0.15, -0.1) is 0 Å². The molecule has 1 rings (SSSR count). The predicted octanol–water partition coefficient (Wildman–Crippen LogP) is 2.48. The van der Waals surface area contributed by atoms with Gasteiger partial charge >= 0.3 is 0 Å². The van der Waals surface area contributed by atoms with Crippen LogP contribution in [0, 0.1) is 13.8 Å². The Kier molecular flexibility index (Phi) is 6.86. The van der Waals surface area contributed by atoms with Gasteiger partial charge in [-0.1, -0.05) is 19.2 Å². The van der Waals surface area contributed by atoms with Gasteiger partial charge in [0.2, 0.25) is 0 Å². The summed E-state index contributed by atoms with van der Waals surface area (Å²) in [7, 11) is 0. The Labute approximate surface area is 84.9 Å². The van der Waals surface area contributed by atoms with E-state index in [0.29, 0.717) is 0 Å². The third-order valence-electron chi connectivity index (χ3n) is 1.21. The van der Waals surface area contributed by atoms with Gasteiger partial charge in [-0.05, 0) is 19.9 Å². The average Bonchev–Trinajstić information content (AvgIpc) is 2.15. The van der Waals surface area contributed by atoms with Crippen molar-refractivity contribution in [3.05, 3.63) is 49.2 Å². The molecular formula is C11H15N3. The maximum absolute atomic E-state index is 4.06. The van der Waals surface area contributed by atoms with Gasteiger partial charge in [0.15, 0.2) is 0 Å². The number of rotatable bonds is 2. The fraction of sp³-hybridized carbons (Fsp3) is 0.182. The Morgan fingerprint density at radius 2 is 2.07 bits per heavy atom. The van der Waals surface area contributed by atoms with Crippen molar-refractivity contribution in [2.24, 2.45) is 4.99 Å². The molecule has 0 amide bonds. The molecule has 0 saturated carbocycles. The Hall–Kier alpha value is -1.77. The quantitative estimate of drug-likeness (QED) is 0.670. The number of aromatic nitrogens is 2. The minimum atomic E-state index is 0.838. The molecule has 0 unspecified atom stereocenters. The van der Waals surface area contributed by atoms with Gasteiger partial charge in [-0.25, -0.2) is 9.97 Å². The second kappa shape index (κ2) is 7.86. The first-order valence-corrected chi connectivity index (χ1v) is 4.22. The summed E-state index contributed by atoms with van der Waals surface area (Å²) < 4.78 is 0. The largest absolute Gasteiger partial charge is 0.265 e. The van der Waals surface area contributed by atoms with Gasteiger partial charge in [0.05, 0.1) is 0 Å². The maximum atomic E-state index is 4.06. The number of hydrogen-bond donors (Lipinski definition) is 0. The zero-order valence-electron chi connectivity index (χ0n) is 8.64. The van der Waals surface area contributed by atoms with Crippen LogP contribution in [0.4, 0.5) is 0 Å². The van der Waals surface area contributed by atoms with Gasteiger partial charge in [0.25, 0.3) is 0 Å². The van der Waals surface area contributed by atoms with E-state index in [4.69, 9.17) is 0 Å². The van der Waals surface area contributed by atoms with Crippen molar-refractivity contribution in [2.45, 2.75) is 13.8 Å². The van der Waals surface area contributed by atoms with Crippen LogP contribution in [-0.2, 0) is 0 Å². The molecule has 0 spiro atoms. The lowest BCUT2D eigenvalue weighted by Gasteiger charge is -1.89. The van der Waals surface area contributed by atoms with E-state index in [9.17, 15) is 0 Å². The number of aliphatic imine (C=N–C) groups is 1. The smallest absolute Gasteiger partial charge is 0.125 e. The highest BCUT2D eigenvalue weighted by atomic mass is 14.9. The first-order chi connectivity index (χ1) is 6.70. The highest BCUT2D eigenvalue weighted by Gasteiger charge is 1.83. The molecule has 0 N–H and O–H groups in total. The molecule has 14 heavy (non-hydrogen) atoms. The van der Waals surface area contributed by atoms with E-state index in [0.717, 1.165) is 11.5 Å².